The number of primary amides is 1. The van der Waals surface area contributed by atoms with Crippen LogP contribution in [0.15, 0.2) is 48.5 Å². The van der Waals surface area contributed by atoms with E-state index >= 15 is 0 Å². The molecule has 0 aliphatic rings. The molecule has 11 heteroatoms. The minimum atomic E-state index is -0.927. The molecule has 3 amide bonds. The number of carbonyl (C=O) groups excluding carboxylic acids is 2. The number of rotatable bonds is 8. The van der Waals surface area contributed by atoms with E-state index in [9.17, 15) is 14.4 Å². The maximum absolute atomic E-state index is 12.2. The normalized spacial score (nSPS) is 10.4. The summed E-state index contributed by atoms with van der Waals surface area (Å²) in [7, 11) is 0. The minimum Gasteiger partial charge on any atom is -0.486 e. The molecule has 160 valence electrons. The van der Waals surface area contributed by atoms with Gasteiger partial charge in [-0.25, -0.2) is 9.78 Å². The Bertz CT molecular complexity index is 1100. The Kier molecular flexibility index (Phi) is 6.73. The Morgan fingerprint density at radius 2 is 1.74 bits per heavy atom. The first-order chi connectivity index (χ1) is 14.8. The summed E-state index contributed by atoms with van der Waals surface area (Å²) in [6.45, 7) is -0.0426. The second-order valence-electron chi connectivity index (χ2n) is 6.36. The van der Waals surface area contributed by atoms with Crippen molar-refractivity contribution in [3.8, 4) is 5.75 Å². The number of ether oxygens (including phenoxy) is 1. The number of nitrogens with one attached hydrogen (secondary N) is 3. The standard InChI is InChI=1S/C20H18ClN5O5/c21-12-3-5-13(6-4-12)23-20(30)26-19-17(18(22)29)24-15(25-19)10-31-14-7-1-11(2-8-14)9-16(27)28/h1-8H,9-10H2,(H2,22,29)(H,24,25)(H,27,28)(H2,23,26,30). The zero-order valence-electron chi connectivity index (χ0n) is 16.0. The first kappa shape index (κ1) is 21.7. The van der Waals surface area contributed by atoms with E-state index in [1.165, 1.54) is 0 Å². The number of aromatic nitrogens is 2. The molecule has 0 fully saturated rings. The van der Waals surface area contributed by atoms with Gasteiger partial charge in [0.2, 0.25) is 0 Å². The van der Waals surface area contributed by atoms with E-state index in [4.69, 9.17) is 27.2 Å². The van der Waals surface area contributed by atoms with Crippen LogP contribution in [-0.2, 0) is 17.8 Å². The third kappa shape index (κ3) is 6.21. The van der Waals surface area contributed by atoms with Gasteiger partial charge in [-0.3, -0.25) is 14.9 Å². The lowest BCUT2D eigenvalue weighted by molar-refractivity contribution is -0.136. The molecule has 2 aromatic carbocycles. The second-order valence-corrected chi connectivity index (χ2v) is 6.80. The van der Waals surface area contributed by atoms with Crippen molar-refractivity contribution in [3.05, 3.63) is 70.6 Å². The number of carbonyl (C=O) groups is 3. The predicted octanol–water partition coefficient (Wildman–Crippen LogP) is 3.01. The Labute approximate surface area is 181 Å². The van der Waals surface area contributed by atoms with Crippen LogP contribution in [0.2, 0.25) is 5.02 Å². The third-order valence-electron chi connectivity index (χ3n) is 3.99. The molecule has 10 nitrogen and oxygen atoms in total. The smallest absolute Gasteiger partial charge is 0.324 e. The molecule has 0 bridgehead atoms. The summed E-state index contributed by atoms with van der Waals surface area (Å²) < 4.78 is 5.58. The predicted molar refractivity (Wildman–Crippen MR) is 113 cm³/mol. The number of benzene rings is 2. The molecule has 0 radical (unpaired) electrons. The number of H-pyrrole nitrogens is 1. The highest BCUT2D eigenvalue weighted by Crippen LogP contribution is 2.18. The number of nitrogens with zero attached hydrogens (tertiary/aromatic N) is 1. The number of anilines is 2. The lowest BCUT2D eigenvalue weighted by atomic mass is 10.1. The van der Waals surface area contributed by atoms with Gasteiger partial charge in [-0.05, 0) is 42.0 Å². The highest BCUT2D eigenvalue weighted by Gasteiger charge is 2.17. The van der Waals surface area contributed by atoms with E-state index in [-0.39, 0.29) is 30.4 Å². The average molecular weight is 444 g/mol. The zero-order valence-corrected chi connectivity index (χ0v) is 16.8. The van der Waals surface area contributed by atoms with E-state index < -0.39 is 17.9 Å². The van der Waals surface area contributed by atoms with Crippen LogP contribution in [0.4, 0.5) is 16.3 Å². The zero-order chi connectivity index (χ0) is 22.4. The summed E-state index contributed by atoms with van der Waals surface area (Å²) >= 11 is 5.81. The lowest BCUT2D eigenvalue weighted by Gasteiger charge is -2.06. The number of aliphatic carboxylic acids is 1. The summed E-state index contributed by atoms with van der Waals surface area (Å²) in [6.07, 6.45) is -0.0897. The van der Waals surface area contributed by atoms with Crippen LogP contribution in [0.25, 0.3) is 0 Å². The van der Waals surface area contributed by atoms with Crippen LogP contribution in [0.5, 0.6) is 5.75 Å². The van der Waals surface area contributed by atoms with Gasteiger partial charge in [0.25, 0.3) is 5.91 Å². The molecule has 1 aromatic heterocycles. The number of nitrogens with two attached hydrogens (primary N) is 1. The van der Waals surface area contributed by atoms with Crippen molar-refractivity contribution < 1.29 is 24.2 Å². The number of hydrogen-bond donors (Lipinski definition) is 5. The quantitative estimate of drug-likeness (QED) is 0.359. The number of carboxylic acids is 1. The molecule has 0 saturated carbocycles. The van der Waals surface area contributed by atoms with Crippen LogP contribution in [0, 0.1) is 0 Å². The molecule has 3 aromatic rings. The van der Waals surface area contributed by atoms with Crippen molar-refractivity contribution in [2.45, 2.75) is 13.0 Å². The van der Waals surface area contributed by atoms with Crippen molar-refractivity contribution >= 4 is 41.0 Å². The second kappa shape index (κ2) is 9.63. The van der Waals surface area contributed by atoms with Crippen LogP contribution >= 0.6 is 11.6 Å². The monoisotopic (exact) mass is 443 g/mol. The van der Waals surface area contributed by atoms with Gasteiger partial charge < -0.3 is 25.9 Å². The van der Waals surface area contributed by atoms with E-state index in [2.05, 4.69) is 20.6 Å². The maximum Gasteiger partial charge on any atom is 0.324 e. The molecular formula is C20H18ClN5O5. The van der Waals surface area contributed by atoms with Gasteiger partial charge in [0.05, 0.1) is 6.42 Å². The largest absolute Gasteiger partial charge is 0.486 e. The molecule has 0 spiro atoms. The molecule has 0 atom stereocenters. The number of hydrogen-bond acceptors (Lipinski definition) is 5. The van der Waals surface area contributed by atoms with Crippen LogP contribution < -0.4 is 21.1 Å². The van der Waals surface area contributed by atoms with E-state index in [1.807, 2.05) is 0 Å². The van der Waals surface area contributed by atoms with Gasteiger partial charge in [0.1, 0.15) is 23.9 Å². The fourth-order valence-electron chi connectivity index (χ4n) is 2.59. The highest BCUT2D eigenvalue weighted by molar-refractivity contribution is 6.30. The number of carboxylic acid groups (broad SMARTS) is 1. The number of imidazole rings is 1. The van der Waals surface area contributed by atoms with Gasteiger partial charge in [0, 0.05) is 10.7 Å². The number of urea groups is 1. The van der Waals surface area contributed by atoms with Crippen molar-refractivity contribution in [1.29, 1.82) is 0 Å². The Hall–Kier alpha value is -4.05. The van der Waals surface area contributed by atoms with Gasteiger partial charge in [-0.1, -0.05) is 23.7 Å². The van der Waals surface area contributed by atoms with Crippen LogP contribution in [-0.4, -0.2) is 33.0 Å². The van der Waals surface area contributed by atoms with Crippen molar-refractivity contribution in [1.82, 2.24) is 9.97 Å². The lowest BCUT2D eigenvalue weighted by Crippen LogP contribution is -2.22. The van der Waals surface area contributed by atoms with E-state index in [1.54, 1.807) is 48.5 Å². The summed E-state index contributed by atoms with van der Waals surface area (Å²) in [5, 5.41) is 14.4. The maximum atomic E-state index is 12.2. The van der Waals surface area contributed by atoms with Gasteiger partial charge in [-0.2, -0.15) is 0 Å². The minimum absolute atomic E-state index is 0.0426. The summed E-state index contributed by atoms with van der Waals surface area (Å²) in [6, 6.07) is 12.3. The number of aromatic amines is 1. The molecule has 3 rings (SSSR count). The topological polar surface area (TPSA) is 159 Å². The molecule has 0 aliphatic carbocycles. The highest BCUT2D eigenvalue weighted by atomic mass is 35.5. The molecular weight excluding hydrogens is 426 g/mol. The number of halogens is 1. The molecule has 6 N–H and O–H groups in total. The fourth-order valence-corrected chi connectivity index (χ4v) is 2.72. The van der Waals surface area contributed by atoms with Gasteiger partial charge in [-0.15, -0.1) is 0 Å². The fraction of sp³-hybridized carbons (Fsp3) is 0.100. The van der Waals surface area contributed by atoms with E-state index in [0.717, 1.165) is 0 Å². The van der Waals surface area contributed by atoms with Crippen molar-refractivity contribution in [3.63, 3.8) is 0 Å². The Morgan fingerprint density at radius 3 is 2.35 bits per heavy atom. The third-order valence-corrected chi connectivity index (χ3v) is 4.24. The van der Waals surface area contributed by atoms with Crippen LogP contribution in [0.1, 0.15) is 21.9 Å². The Morgan fingerprint density at radius 1 is 1.06 bits per heavy atom. The summed E-state index contributed by atoms with van der Waals surface area (Å²) in [5.41, 5.74) is 6.39. The molecule has 0 saturated heterocycles. The average Bonchev–Trinajstić information content (AvgIpc) is 3.11. The molecule has 31 heavy (non-hydrogen) atoms. The van der Waals surface area contributed by atoms with Gasteiger partial charge in [0.15, 0.2) is 5.82 Å². The molecule has 1 heterocycles. The molecule has 0 unspecified atom stereocenters. The SMILES string of the molecule is NC(=O)c1[nH]c(COc2ccc(CC(=O)O)cc2)nc1NC(=O)Nc1ccc(Cl)cc1. The molecule has 0 aliphatic heterocycles. The first-order valence-electron chi connectivity index (χ1n) is 8.96. The summed E-state index contributed by atoms with van der Waals surface area (Å²) in [4.78, 5) is 41.5. The van der Waals surface area contributed by atoms with E-state index in [0.29, 0.717) is 22.0 Å². The summed E-state index contributed by atoms with van der Waals surface area (Å²) in [5.74, 6) is -1.05. The first-order valence-corrected chi connectivity index (χ1v) is 9.34. The van der Waals surface area contributed by atoms with Gasteiger partial charge >= 0.3 is 12.0 Å². The number of amides is 3. The Balaban J connectivity index is 1.64. The van der Waals surface area contributed by atoms with Crippen molar-refractivity contribution in [2.75, 3.05) is 10.6 Å². The van der Waals surface area contributed by atoms with Crippen LogP contribution in [0.3, 0.4) is 0 Å². The van der Waals surface area contributed by atoms with Crippen molar-refractivity contribution in [2.24, 2.45) is 5.73 Å².